The van der Waals surface area contributed by atoms with Crippen LogP contribution in [-0.2, 0) is 19.1 Å². The Morgan fingerprint density at radius 1 is 1.33 bits per heavy atom. The summed E-state index contributed by atoms with van der Waals surface area (Å²) in [6.07, 6.45) is -0.101. The Bertz CT molecular complexity index is 457. The molecular formula is C13H13NO4. The first-order valence-corrected chi connectivity index (χ1v) is 5.51. The maximum Gasteiger partial charge on any atom is 0.338 e. The molecule has 2 unspecified atom stereocenters. The summed E-state index contributed by atoms with van der Waals surface area (Å²) in [5, 5.41) is 2.65. The number of hydrogen-bond acceptors (Lipinski definition) is 4. The summed E-state index contributed by atoms with van der Waals surface area (Å²) in [5.74, 6) is -0.884. The first kappa shape index (κ1) is 12.3. The number of benzene rings is 1. The van der Waals surface area contributed by atoms with Crippen LogP contribution in [-0.4, -0.2) is 30.7 Å². The molecule has 1 aliphatic rings. The van der Waals surface area contributed by atoms with E-state index in [0.29, 0.717) is 5.69 Å². The van der Waals surface area contributed by atoms with Gasteiger partial charge in [0.2, 0.25) is 0 Å². The topological polar surface area (TPSA) is 67.9 Å². The molecule has 18 heavy (non-hydrogen) atoms. The molecule has 1 aromatic carbocycles. The smallest absolute Gasteiger partial charge is 0.338 e. The fourth-order valence-corrected chi connectivity index (χ4v) is 1.45. The van der Waals surface area contributed by atoms with Crippen molar-refractivity contribution in [3.63, 3.8) is 0 Å². The van der Waals surface area contributed by atoms with Gasteiger partial charge < -0.3 is 14.8 Å². The molecule has 94 valence electrons. The van der Waals surface area contributed by atoms with Gasteiger partial charge >= 0.3 is 5.97 Å². The Hall–Kier alpha value is -2.14. The van der Waals surface area contributed by atoms with Crippen molar-refractivity contribution in [1.29, 1.82) is 0 Å². The molecule has 0 radical (unpaired) electrons. The molecule has 1 aromatic rings. The second-order valence-corrected chi connectivity index (χ2v) is 3.75. The molecule has 2 rings (SSSR count). The van der Waals surface area contributed by atoms with Crippen LogP contribution < -0.4 is 5.32 Å². The fraction of sp³-hybridized carbons (Fsp3) is 0.231. The van der Waals surface area contributed by atoms with E-state index in [1.54, 1.807) is 24.3 Å². The van der Waals surface area contributed by atoms with E-state index in [1.807, 2.05) is 6.07 Å². The van der Waals surface area contributed by atoms with Crippen molar-refractivity contribution < 1.29 is 19.1 Å². The number of hydrogen-bond donors (Lipinski definition) is 1. The summed E-state index contributed by atoms with van der Waals surface area (Å²) in [4.78, 5) is 23.1. The van der Waals surface area contributed by atoms with Crippen LogP contribution in [0.3, 0.4) is 0 Å². The van der Waals surface area contributed by atoms with E-state index in [9.17, 15) is 9.59 Å². The van der Waals surface area contributed by atoms with Crippen molar-refractivity contribution >= 4 is 17.6 Å². The number of ether oxygens (including phenoxy) is 2. The van der Waals surface area contributed by atoms with Gasteiger partial charge in [-0.15, -0.1) is 0 Å². The minimum Gasteiger partial charge on any atom is -0.459 e. The molecule has 5 nitrogen and oxygen atoms in total. The number of anilines is 1. The maximum atomic E-state index is 11.7. The molecule has 1 aliphatic heterocycles. The number of epoxide rings is 1. The van der Waals surface area contributed by atoms with Crippen LogP contribution in [0.15, 0.2) is 43.0 Å². The van der Waals surface area contributed by atoms with Crippen molar-refractivity contribution in [2.45, 2.75) is 12.2 Å². The largest absolute Gasteiger partial charge is 0.459 e. The second-order valence-electron chi connectivity index (χ2n) is 3.75. The summed E-state index contributed by atoms with van der Waals surface area (Å²) in [7, 11) is 0. The number of amides is 1. The minimum atomic E-state index is -0.798. The van der Waals surface area contributed by atoms with Crippen molar-refractivity contribution in [3.8, 4) is 0 Å². The van der Waals surface area contributed by atoms with Crippen LogP contribution in [0.1, 0.15) is 0 Å². The number of nitrogens with one attached hydrogen (secondary N) is 1. The third-order valence-electron chi connectivity index (χ3n) is 2.37. The molecule has 0 saturated carbocycles. The Morgan fingerprint density at radius 3 is 2.72 bits per heavy atom. The van der Waals surface area contributed by atoms with E-state index < -0.39 is 18.2 Å². The summed E-state index contributed by atoms with van der Waals surface area (Å²) in [6.45, 7) is 3.54. The van der Waals surface area contributed by atoms with Crippen molar-refractivity contribution in [1.82, 2.24) is 0 Å². The van der Waals surface area contributed by atoms with Crippen LogP contribution in [0.4, 0.5) is 5.69 Å². The lowest BCUT2D eigenvalue weighted by Gasteiger charge is -2.02. The van der Waals surface area contributed by atoms with Gasteiger partial charge in [0.1, 0.15) is 6.61 Å². The molecular weight excluding hydrogens is 234 g/mol. The first-order chi connectivity index (χ1) is 8.72. The average Bonchev–Trinajstić information content (AvgIpc) is 3.17. The normalized spacial score (nSPS) is 20.9. The van der Waals surface area contributed by atoms with Gasteiger partial charge in [0.05, 0.1) is 0 Å². The average molecular weight is 247 g/mol. The quantitative estimate of drug-likeness (QED) is 0.481. The minimum absolute atomic E-state index is 0.117. The maximum absolute atomic E-state index is 11.7. The van der Waals surface area contributed by atoms with E-state index in [2.05, 4.69) is 11.9 Å². The molecule has 1 fully saturated rings. The van der Waals surface area contributed by atoms with Crippen LogP contribution in [0.5, 0.6) is 0 Å². The van der Waals surface area contributed by atoms with E-state index >= 15 is 0 Å². The highest BCUT2D eigenvalue weighted by atomic mass is 16.6. The van der Waals surface area contributed by atoms with E-state index in [1.165, 1.54) is 6.08 Å². The molecule has 1 saturated heterocycles. The van der Waals surface area contributed by atoms with Crippen LogP contribution in [0.2, 0.25) is 0 Å². The van der Waals surface area contributed by atoms with Gasteiger partial charge in [-0.25, -0.2) is 4.79 Å². The van der Waals surface area contributed by atoms with Crippen LogP contribution in [0, 0.1) is 0 Å². The fourth-order valence-electron chi connectivity index (χ4n) is 1.45. The predicted octanol–water partition coefficient (Wildman–Crippen LogP) is 1.12. The van der Waals surface area contributed by atoms with Crippen molar-refractivity contribution in [3.05, 3.63) is 43.0 Å². The molecule has 1 amide bonds. The number of para-hydroxylation sites is 1. The molecule has 5 heteroatoms. The van der Waals surface area contributed by atoms with Gasteiger partial charge in [-0.1, -0.05) is 30.9 Å². The van der Waals surface area contributed by atoms with Crippen molar-refractivity contribution in [2.75, 3.05) is 11.9 Å². The molecule has 0 spiro atoms. The highest BCUT2D eigenvalue weighted by Crippen LogP contribution is 2.25. The molecule has 0 aliphatic carbocycles. The van der Waals surface area contributed by atoms with E-state index in [0.717, 1.165) is 0 Å². The summed E-state index contributed by atoms with van der Waals surface area (Å²) in [6, 6.07) is 8.97. The zero-order valence-corrected chi connectivity index (χ0v) is 9.67. The predicted molar refractivity (Wildman–Crippen MR) is 64.9 cm³/mol. The molecule has 2 atom stereocenters. The van der Waals surface area contributed by atoms with Gasteiger partial charge in [-0.3, -0.25) is 4.79 Å². The van der Waals surface area contributed by atoms with Gasteiger partial charge in [0.25, 0.3) is 5.91 Å². The second kappa shape index (κ2) is 5.46. The van der Waals surface area contributed by atoms with Crippen molar-refractivity contribution in [2.24, 2.45) is 0 Å². The molecule has 1 N–H and O–H groups in total. The van der Waals surface area contributed by atoms with E-state index in [4.69, 9.17) is 9.47 Å². The first-order valence-electron chi connectivity index (χ1n) is 5.51. The Balaban J connectivity index is 1.82. The molecule has 0 bridgehead atoms. The Labute approximate surface area is 104 Å². The standard InChI is InChI=1S/C13H13NO4/c1-2-8-17-13(16)11-10(18-11)12(15)14-9-6-4-3-5-7-9/h2-7,10-11H,1,8H2,(H,14,15). The highest BCUT2D eigenvalue weighted by molar-refractivity contribution is 6.00. The Morgan fingerprint density at radius 2 is 2.06 bits per heavy atom. The van der Waals surface area contributed by atoms with Gasteiger partial charge in [-0.05, 0) is 12.1 Å². The third-order valence-corrected chi connectivity index (χ3v) is 2.37. The molecule has 1 heterocycles. The Kier molecular flexibility index (Phi) is 3.74. The van der Waals surface area contributed by atoms with Crippen LogP contribution in [0.25, 0.3) is 0 Å². The van der Waals surface area contributed by atoms with Crippen LogP contribution >= 0.6 is 0 Å². The summed E-state index contributed by atoms with van der Waals surface area (Å²) in [5.41, 5.74) is 0.663. The van der Waals surface area contributed by atoms with Gasteiger partial charge in [-0.2, -0.15) is 0 Å². The molecule has 0 aromatic heterocycles. The highest BCUT2D eigenvalue weighted by Gasteiger charge is 2.51. The lowest BCUT2D eigenvalue weighted by atomic mass is 10.2. The number of carbonyl (C=O) groups is 2. The number of rotatable bonds is 5. The zero-order chi connectivity index (χ0) is 13.0. The lowest BCUT2D eigenvalue weighted by Crippen LogP contribution is -2.23. The van der Waals surface area contributed by atoms with Gasteiger partial charge in [0.15, 0.2) is 12.2 Å². The third kappa shape index (κ3) is 2.95. The number of esters is 1. The summed E-state index contributed by atoms with van der Waals surface area (Å²) >= 11 is 0. The lowest BCUT2D eigenvalue weighted by molar-refractivity contribution is -0.143. The van der Waals surface area contributed by atoms with Gasteiger partial charge in [0, 0.05) is 5.69 Å². The summed E-state index contributed by atoms with van der Waals surface area (Å²) < 4.78 is 9.77. The zero-order valence-electron chi connectivity index (χ0n) is 9.67. The SMILES string of the molecule is C=CCOC(=O)C1OC1C(=O)Nc1ccccc1. The number of carbonyl (C=O) groups excluding carboxylic acids is 2. The van der Waals surface area contributed by atoms with E-state index in [-0.39, 0.29) is 12.5 Å². The monoisotopic (exact) mass is 247 g/mol.